The standard InChI is InChI=1S/C18H25N3O3S/c1-12(2)21-18(24)15-7-5-4-6-14(15)16(20-21)10-17(23)19-13(11-22)8-9-25-3/h4-7,12-13,22H,8-11H2,1-3H3,(H,19,23)/t13-/m0/s1. The van der Waals surface area contributed by atoms with Crippen LogP contribution in [0.1, 0.15) is 32.0 Å². The highest BCUT2D eigenvalue weighted by atomic mass is 32.2. The van der Waals surface area contributed by atoms with E-state index in [9.17, 15) is 14.7 Å². The van der Waals surface area contributed by atoms with Gasteiger partial charge >= 0.3 is 0 Å². The first kappa shape index (κ1) is 19.5. The lowest BCUT2D eigenvalue weighted by Crippen LogP contribution is -2.39. The molecule has 0 radical (unpaired) electrons. The number of fused-ring (bicyclic) bond motifs is 1. The first-order valence-corrected chi connectivity index (χ1v) is 9.76. The molecule has 1 heterocycles. The summed E-state index contributed by atoms with van der Waals surface area (Å²) in [5.41, 5.74) is 0.422. The molecule has 1 amide bonds. The molecule has 136 valence electrons. The molecule has 2 aromatic rings. The number of nitrogens with zero attached hydrogens (tertiary/aromatic N) is 2. The summed E-state index contributed by atoms with van der Waals surface area (Å²) in [5.74, 6) is 0.664. The Morgan fingerprint density at radius 2 is 2.00 bits per heavy atom. The van der Waals surface area contributed by atoms with Gasteiger partial charge in [0.15, 0.2) is 0 Å². The van der Waals surface area contributed by atoms with Gasteiger partial charge in [0.2, 0.25) is 5.91 Å². The van der Waals surface area contributed by atoms with Gasteiger partial charge in [0, 0.05) is 5.39 Å². The van der Waals surface area contributed by atoms with E-state index in [4.69, 9.17) is 0 Å². The number of benzene rings is 1. The van der Waals surface area contributed by atoms with Crippen LogP contribution in [-0.4, -0.2) is 45.5 Å². The van der Waals surface area contributed by atoms with Gasteiger partial charge in [0.25, 0.3) is 5.56 Å². The van der Waals surface area contributed by atoms with Gasteiger partial charge in [-0.05, 0) is 38.3 Å². The van der Waals surface area contributed by atoms with Crippen molar-refractivity contribution in [1.29, 1.82) is 0 Å². The number of aliphatic hydroxyl groups is 1. The number of amides is 1. The van der Waals surface area contributed by atoms with E-state index in [2.05, 4.69) is 10.4 Å². The molecule has 2 rings (SSSR count). The zero-order valence-corrected chi connectivity index (χ0v) is 15.7. The summed E-state index contributed by atoms with van der Waals surface area (Å²) in [5, 5.41) is 17.9. The molecule has 0 fully saturated rings. The predicted octanol–water partition coefficient (Wildman–Crippen LogP) is 1.75. The van der Waals surface area contributed by atoms with Crippen LogP contribution in [0.2, 0.25) is 0 Å². The summed E-state index contributed by atoms with van der Waals surface area (Å²) in [6.07, 6.45) is 2.77. The summed E-state index contributed by atoms with van der Waals surface area (Å²) in [6.45, 7) is 3.68. The molecule has 0 aliphatic rings. The van der Waals surface area contributed by atoms with Crippen molar-refractivity contribution in [3.8, 4) is 0 Å². The van der Waals surface area contributed by atoms with Gasteiger partial charge in [-0.25, -0.2) is 4.68 Å². The second-order valence-electron chi connectivity index (χ2n) is 6.24. The maximum atomic E-state index is 12.5. The number of aliphatic hydroxyl groups excluding tert-OH is 1. The maximum Gasteiger partial charge on any atom is 0.274 e. The largest absolute Gasteiger partial charge is 0.394 e. The minimum atomic E-state index is -0.262. The highest BCUT2D eigenvalue weighted by molar-refractivity contribution is 7.98. The molecule has 1 aromatic carbocycles. The average molecular weight is 363 g/mol. The van der Waals surface area contributed by atoms with Crippen LogP contribution in [0.25, 0.3) is 10.8 Å². The summed E-state index contributed by atoms with van der Waals surface area (Å²) < 4.78 is 1.42. The Balaban J connectivity index is 2.29. The number of rotatable bonds is 8. The molecule has 0 aliphatic carbocycles. The summed E-state index contributed by atoms with van der Waals surface area (Å²) in [6, 6.07) is 6.86. The lowest BCUT2D eigenvalue weighted by atomic mass is 10.1. The van der Waals surface area contributed by atoms with Crippen molar-refractivity contribution in [2.24, 2.45) is 0 Å². The topological polar surface area (TPSA) is 84.2 Å². The number of nitrogens with one attached hydrogen (secondary N) is 1. The van der Waals surface area contributed by atoms with Crippen molar-refractivity contribution in [2.75, 3.05) is 18.6 Å². The molecular formula is C18H25N3O3S. The smallest absolute Gasteiger partial charge is 0.274 e. The van der Waals surface area contributed by atoms with Gasteiger partial charge in [0.05, 0.1) is 36.2 Å². The van der Waals surface area contributed by atoms with Crippen molar-refractivity contribution in [2.45, 2.75) is 38.8 Å². The molecule has 0 unspecified atom stereocenters. The first-order chi connectivity index (χ1) is 12.0. The highest BCUT2D eigenvalue weighted by Gasteiger charge is 2.17. The van der Waals surface area contributed by atoms with Crippen LogP contribution in [0.4, 0.5) is 0 Å². The van der Waals surface area contributed by atoms with Gasteiger partial charge < -0.3 is 10.4 Å². The van der Waals surface area contributed by atoms with Crippen LogP contribution in [0.3, 0.4) is 0 Å². The molecule has 1 atom stereocenters. The number of thioether (sulfide) groups is 1. The molecule has 1 aromatic heterocycles. The lowest BCUT2D eigenvalue weighted by Gasteiger charge is -2.17. The number of hydrogen-bond donors (Lipinski definition) is 2. The van der Waals surface area contributed by atoms with Crippen molar-refractivity contribution in [1.82, 2.24) is 15.1 Å². The van der Waals surface area contributed by atoms with Gasteiger partial charge in [0.1, 0.15) is 0 Å². The van der Waals surface area contributed by atoms with Crippen LogP contribution >= 0.6 is 11.8 Å². The Kier molecular flexibility index (Phi) is 7.01. The van der Waals surface area contributed by atoms with Crippen molar-refractivity contribution in [3.63, 3.8) is 0 Å². The Morgan fingerprint density at radius 1 is 1.32 bits per heavy atom. The molecule has 0 bridgehead atoms. The molecule has 0 aliphatic heterocycles. The Morgan fingerprint density at radius 3 is 2.60 bits per heavy atom. The third-order valence-corrected chi connectivity index (χ3v) is 4.62. The summed E-state index contributed by atoms with van der Waals surface area (Å²) >= 11 is 1.67. The molecule has 0 saturated heterocycles. The van der Waals surface area contributed by atoms with E-state index < -0.39 is 0 Å². The fraction of sp³-hybridized carbons (Fsp3) is 0.500. The van der Waals surface area contributed by atoms with Gasteiger partial charge in [-0.15, -0.1) is 0 Å². The van der Waals surface area contributed by atoms with Gasteiger partial charge in [-0.2, -0.15) is 16.9 Å². The van der Waals surface area contributed by atoms with Crippen molar-refractivity contribution >= 4 is 28.4 Å². The minimum Gasteiger partial charge on any atom is -0.394 e. The van der Waals surface area contributed by atoms with Crippen LogP contribution in [0, 0.1) is 0 Å². The van der Waals surface area contributed by atoms with Crippen LogP contribution < -0.4 is 10.9 Å². The quantitative estimate of drug-likeness (QED) is 0.746. The molecule has 25 heavy (non-hydrogen) atoms. The fourth-order valence-corrected chi connectivity index (χ4v) is 3.17. The van der Waals surface area contributed by atoms with E-state index in [0.29, 0.717) is 22.9 Å². The Labute approximate surface area is 151 Å². The van der Waals surface area contributed by atoms with E-state index in [-0.39, 0.29) is 36.6 Å². The van der Waals surface area contributed by atoms with Gasteiger partial charge in [-0.3, -0.25) is 9.59 Å². The fourth-order valence-electron chi connectivity index (χ4n) is 2.65. The Hall–Kier alpha value is -1.86. The monoisotopic (exact) mass is 363 g/mol. The SMILES string of the molecule is CSCC[C@@H](CO)NC(=O)Cc1nn(C(C)C)c(=O)c2ccccc12. The third-order valence-electron chi connectivity index (χ3n) is 3.98. The van der Waals surface area contributed by atoms with Crippen LogP contribution in [0.15, 0.2) is 29.1 Å². The van der Waals surface area contributed by atoms with E-state index in [1.807, 2.05) is 38.3 Å². The molecule has 0 spiro atoms. The molecule has 0 saturated carbocycles. The van der Waals surface area contributed by atoms with E-state index >= 15 is 0 Å². The maximum absolute atomic E-state index is 12.5. The van der Waals surface area contributed by atoms with Crippen molar-refractivity contribution < 1.29 is 9.90 Å². The lowest BCUT2D eigenvalue weighted by molar-refractivity contribution is -0.121. The zero-order chi connectivity index (χ0) is 18.4. The molecule has 2 N–H and O–H groups in total. The number of carbonyl (C=O) groups excluding carboxylic acids is 1. The zero-order valence-electron chi connectivity index (χ0n) is 14.9. The first-order valence-electron chi connectivity index (χ1n) is 8.37. The number of hydrogen-bond acceptors (Lipinski definition) is 5. The highest BCUT2D eigenvalue weighted by Crippen LogP contribution is 2.15. The van der Waals surface area contributed by atoms with E-state index in [1.165, 1.54) is 4.68 Å². The predicted molar refractivity (Wildman–Crippen MR) is 102 cm³/mol. The van der Waals surface area contributed by atoms with Crippen molar-refractivity contribution in [3.05, 3.63) is 40.3 Å². The third kappa shape index (κ3) is 4.83. The second-order valence-corrected chi connectivity index (χ2v) is 7.23. The molecule has 7 heteroatoms. The number of carbonyl (C=O) groups is 1. The normalized spacial score (nSPS) is 12.5. The summed E-state index contributed by atoms with van der Waals surface area (Å²) in [4.78, 5) is 24.9. The molecule has 6 nitrogen and oxygen atoms in total. The minimum absolute atomic E-state index is 0.0727. The number of aromatic nitrogens is 2. The van der Waals surface area contributed by atoms with E-state index in [1.54, 1.807) is 17.8 Å². The van der Waals surface area contributed by atoms with Crippen LogP contribution in [0.5, 0.6) is 0 Å². The molecular weight excluding hydrogens is 338 g/mol. The summed E-state index contributed by atoms with van der Waals surface area (Å²) in [7, 11) is 0. The van der Waals surface area contributed by atoms with E-state index in [0.717, 1.165) is 5.75 Å². The van der Waals surface area contributed by atoms with Gasteiger partial charge in [-0.1, -0.05) is 18.2 Å². The second kappa shape index (κ2) is 9.01. The average Bonchev–Trinajstić information content (AvgIpc) is 2.60. The van der Waals surface area contributed by atoms with Crippen LogP contribution in [-0.2, 0) is 11.2 Å². The Bertz CT molecular complexity index is 789.